The van der Waals surface area contributed by atoms with E-state index in [9.17, 15) is 0 Å². The van der Waals surface area contributed by atoms with Gasteiger partial charge in [-0.2, -0.15) is 0 Å². The minimum Gasteiger partial charge on any atom is -0.353 e. The van der Waals surface area contributed by atoms with Gasteiger partial charge < -0.3 is 9.47 Å². The summed E-state index contributed by atoms with van der Waals surface area (Å²) in [5.74, 6) is 0. The normalized spacial score (nSPS) is 20.6. The number of hydrogen-bond acceptors (Lipinski definition) is 2. The van der Waals surface area contributed by atoms with E-state index in [1.807, 2.05) is 0 Å². The van der Waals surface area contributed by atoms with Gasteiger partial charge in [0.15, 0.2) is 6.29 Å². The highest BCUT2D eigenvalue weighted by atomic mass is 16.7. The van der Waals surface area contributed by atoms with Crippen molar-refractivity contribution in [3.63, 3.8) is 0 Å². The van der Waals surface area contributed by atoms with Gasteiger partial charge in [0.05, 0.1) is 6.61 Å². The molecule has 0 aliphatic carbocycles. The molecule has 0 N–H and O–H groups in total. The van der Waals surface area contributed by atoms with Gasteiger partial charge in [-0.15, -0.1) is 0 Å². The monoisotopic (exact) mass is 266 g/mol. The van der Waals surface area contributed by atoms with Crippen molar-refractivity contribution in [3.8, 4) is 0 Å². The van der Waals surface area contributed by atoms with Gasteiger partial charge in [-0.3, -0.25) is 0 Å². The van der Waals surface area contributed by atoms with Gasteiger partial charge in [0.2, 0.25) is 0 Å². The minimum atomic E-state index is 0.0561. The Kier molecular flexibility index (Phi) is 10.8. The van der Waals surface area contributed by atoms with Gasteiger partial charge in [-0.1, -0.05) is 44.1 Å². The predicted octanol–water partition coefficient (Wildman–Crippen LogP) is 5.00. The zero-order valence-electron chi connectivity index (χ0n) is 12.5. The third-order valence-electron chi connectivity index (χ3n) is 3.31. The maximum absolute atomic E-state index is 5.66. The number of unbranched alkanes of at least 4 members (excludes halogenated alkanes) is 3. The summed E-state index contributed by atoms with van der Waals surface area (Å²) >= 11 is 0. The Morgan fingerprint density at radius 3 is 2.63 bits per heavy atom. The predicted molar refractivity (Wildman–Crippen MR) is 81.2 cm³/mol. The van der Waals surface area contributed by atoms with Crippen LogP contribution in [0.2, 0.25) is 0 Å². The zero-order valence-corrected chi connectivity index (χ0v) is 12.5. The largest absolute Gasteiger partial charge is 0.353 e. The molecule has 1 aliphatic heterocycles. The molecule has 1 atom stereocenters. The van der Waals surface area contributed by atoms with Gasteiger partial charge in [-0.25, -0.2) is 0 Å². The molecule has 0 spiro atoms. The molecule has 1 saturated heterocycles. The molecule has 2 nitrogen and oxygen atoms in total. The highest BCUT2D eigenvalue weighted by Gasteiger charge is 2.12. The Morgan fingerprint density at radius 1 is 1.05 bits per heavy atom. The van der Waals surface area contributed by atoms with E-state index in [4.69, 9.17) is 9.47 Å². The lowest BCUT2D eigenvalue weighted by Crippen LogP contribution is -2.22. The lowest BCUT2D eigenvalue weighted by Gasteiger charge is -2.22. The molecule has 0 amide bonds. The van der Waals surface area contributed by atoms with E-state index in [0.29, 0.717) is 0 Å². The van der Waals surface area contributed by atoms with E-state index >= 15 is 0 Å². The summed E-state index contributed by atoms with van der Waals surface area (Å²) in [6, 6.07) is 0. The number of hydrogen-bond donors (Lipinski definition) is 0. The smallest absolute Gasteiger partial charge is 0.157 e. The fourth-order valence-electron chi connectivity index (χ4n) is 2.13. The van der Waals surface area contributed by atoms with E-state index in [0.717, 1.165) is 32.5 Å². The van der Waals surface area contributed by atoms with E-state index in [-0.39, 0.29) is 6.29 Å². The Bertz CT molecular complexity index is 240. The number of allylic oxidation sites excluding steroid dienone is 3. The van der Waals surface area contributed by atoms with Gasteiger partial charge in [0, 0.05) is 6.61 Å². The maximum atomic E-state index is 5.66. The standard InChI is InChI=1S/C17H30O2/c1-2-3-4-5-6-7-8-9-10-12-15-18-17-14-11-13-16-19-17/h6-7,9-10,17H,2-5,8,11-16H2,1H3/b7-6?,10-9-. The van der Waals surface area contributed by atoms with Gasteiger partial charge >= 0.3 is 0 Å². The SMILES string of the molecule is CCCCCC=CC/C=C\CCOC1CCCCO1. The highest BCUT2D eigenvalue weighted by Crippen LogP contribution is 2.13. The van der Waals surface area contributed by atoms with Crippen molar-refractivity contribution in [2.24, 2.45) is 0 Å². The van der Waals surface area contributed by atoms with Crippen LogP contribution in [0, 0.1) is 0 Å². The molecule has 1 aliphatic rings. The first kappa shape index (κ1) is 16.5. The van der Waals surface area contributed by atoms with E-state index in [2.05, 4.69) is 31.2 Å². The quantitative estimate of drug-likeness (QED) is 0.409. The molecule has 19 heavy (non-hydrogen) atoms. The molecule has 0 aromatic heterocycles. The Morgan fingerprint density at radius 2 is 1.89 bits per heavy atom. The molecule has 2 heteroatoms. The average Bonchev–Trinajstić information content (AvgIpc) is 2.46. The van der Waals surface area contributed by atoms with Gasteiger partial charge in [0.25, 0.3) is 0 Å². The number of rotatable bonds is 10. The summed E-state index contributed by atoms with van der Waals surface area (Å²) < 4.78 is 11.2. The van der Waals surface area contributed by atoms with Crippen LogP contribution in [0.1, 0.15) is 64.7 Å². The van der Waals surface area contributed by atoms with Crippen LogP contribution in [0.5, 0.6) is 0 Å². The van der Waals surface area contributed by atoms with Crippen molar-refractivity contribution >= 4 is 0 Å². The number of ether oxygens (including phenoxy) is 2. The molecule has 1 rings (SSSR count). The maximum Gasteiger partial charge on any atom is 0.157 e. The van der Waals surface area contributed by atoms with E-state index < -0.39 is 0 Å². The van der Waals surface area contributed by atoms with Crippen LogP contribution >= 0.6 is 0 Å². The van der Waals surface area contributed by atoms with Crippen LogP contribution < -0.4 is 0 Å². The van der Waals surface area contributed by atoms with Crippen molar-refractivity contribution in [1.29, 1.82) is 0 Å². The van der Waals surface area contributed by atoms with Crippen molar-refractivity contribution in [2.75, 3.05) is 13.2 Å². The van der Waals surface area contributed by atoms with Crippen molar-refractivity contribution in [2.45, 2.75) is 71.0 Å². The average molecular weight is 266 g/mol. The summed E-state index contributed by atoms with van der Waals surface area (Å²) in [5, 5.41) is 0. The van der Waals surface area contributed by atoms with Crippen LogP contribution in [0.25, 0.3) is 0 Å². The molecule has 0 bridgehead atoms. The molecule has 0 aromatic carbocycles. The van der Waals surface area contributed by atoms with E-state index in [1.54, 1.807) is 0 Å². The first-order valence-electron chi connectivity index (χ1n) is 7.96. The second-order valence-electron chi connectivity index (χ2n) is 5.13. The summed E-state index contributed by atoms with van der Waals surface area (Å²) in [4.78, 5) is 0. The molecular weight excluding hydrogens is 236 g/mol. The lowest BCUT2D eigenvalue weighted by molar-refractivity contribution is -0.161. The zero-order chi connectivity index (χ0) is 13.6. The lowest BCUT2D eigenvalue weighted by atomic mass is 10.2. The fraction of sp³-hybridized carbons (Fsp3) is 0.765. The molecule has 110 valence electrons. The molecular formula is C17H30O2. The van der Waals surface area contributed by atoms with Gasteiger partial charge in [0.1, 0.15) is 0 Å². The molecule has 0 aromatic rings. The fourth-order valence-corrected chi connectivity index (χ4v) is 2.13. The molecule has 1 unspecified atom stereocenters. The van der Waals surface area contributed by atoms with Crippen LogP contribution in [0.3, 0.4) is 0 Å². The second kappa shape index (κ2) is 12.4. The Hall–Kier alpha value is -0.600. The molecule has 0 radical (unpaired) electrons. The van der Waals surface area contributed by atoms with Gasteiger partial charge in [-0.05, 0) is 44.9 Å². The minimum absolute atomic E-state index is 0.0561. The highest BCUT2D eigenvalue weighted by molar-refractivity contribution is 4.92. The summed E-state index contributed by atoms with van der Waals surface area (Å²) in [6.45, 7) is 3.89. The van der Waals surface area contributed by atoms with Crippen LogP contribution in [0.15, 0.2) is 24.3 Å². The molecule has 0 saturated carbocycles. The Balaban J connectivity index is 1.87. The second-order valence-corrected chi connectivity index (χ2v) is 5.13. The van der Waals surface area contributed by atoms with E-state index in [1.165, 1.54) is 38.5 Å². The summed E-state index contributed by atoms with van der Waals surface area (Å²) in [6.07, 6.45) is 19.8. The molecule has 1 heterocycles. The first-order chi connectivity index (χ1) is 9.43. The summed E-state index contributed by atoms with van der Waals surface area (Å²) in [5.41, 5.74) is 0. The first-order valence-corrected chi connectivity index (χ1v) is 7.96. The topological polar surface area (TPSA) is 18.5 Å². The van der Waals surface area contributed by atoms with Crippen LogP contribution in [-0.2, 0) is 9.47 Å². The molecule has 1 fully saturated rings. The third kappa shape index (κ3) is 9.92. The van der Waals surface area contributed by atoms with Crippen molar-refractivity contribution in [1.82, 2.24) is 0 Å². The van der Waals surface area contributed by atoms with Crippen molar-refractivity contribution in [3.05, 3.63) is 24.3 Å². The Labute approximate surface area is 118 Å². The third-order valence-corrected chi connectivity index (χ3v) is 3.31. The van der Waals surface area contributed by atoms with Crippen LogP contribution in [0.4, 0.5) is 0 Å². The van der Waals surface area contributed by atoms with Crippen LogP contribution in [-0.4, -0.2) is 19.5 Å². The van der Waals surface area contributed by atoms with Crippen molar-refractivity contribution < 1.29 is 9.47 Å². The summed E-state index contributed by atoms with van der Waals surface area (Å²) in [7, 11) is 0.